The van der Waals surface area contributed by atoms with Crippen molar-refractivity contribution >= 4 is 11.7 Å². The van der Waals surface area contributed by atoms with Crippen LogP contribution in [0.2, 0.25) is 0 Å². The van der Waals surface area contributed by atoms with Crippen LogP contribution in [0, 0.1) is 0 Å². The third-order valence-electron chi connectivity index (χ3n) is 6.05. The van der Waals surface area contributed by atoms with Crippen LogP contribution >= 0.6 is 0 Å². The molecule has 0 N–H and O–H groups in total. The molecule has 30 heavy (non-hydrogen) atoms. The van der Waals surface area contributed by atoms with Crippen LogP contribution in [0.1, 0.15) is 56.1 Å². The Hall–Kier alpha value is -2.49. The van der Waals surface area contributed by atoms with Crippen molar-refractivity contribution in [2.75, 3.05) is 25.7 Å². The number of hydrogen-bond acceptors (Lipinski definition) is 4. The molecule has 1 atom stereocenters. The van der Waals surface area contributed by atoms with Crippen molar-refractivity contribution in [3.63, 3.8) is 0 Å². The van der Waals surface area contributed by atoms with Gasteiger partial charge in [0.05, 0.1) is 20.6 Å². The fourth-order valence-corrected chi connectivity index (χ4v) is 4.38. The van der Waals surface area contributed by atoms with Gasteiger partial charge in [0.15, 0.2) is 0 Å². The van der Waals surface area contributed by atoms with Gasteiger partial charge in [0.25, 0.3) is 0 Å². The molecule has 0 spiro atoms. The molecular weight excluding hydrogens is 374 g/mol. The van der Waals surface area contributed by atoms with Crippen molar-refractivity contribution < 1.29 is 14.3 Å². The van der Waals surface area contributed by atoms with E-state index >= 15 is 0 Å². The predicted molar refractivity (Wildman–Crippen MR) is 122 cm³/mol. The molecule has 4 nitrogen and oxygen atoms in total. The van der Waals surface area contributed by atoms with Gasteiger partial charge in [0.1, 0.15) is 5.75 Å². The minimum absolute atomic E-state index is 0.131. The van der Waals surface area contributed by atoms with Gasteiger partial charge in [-0.25, -0.2) is 0 Å². The molecule has 1 saturated heterocycles. The fourth-order valence-electron chi connectivity index (χ4n) is 4.38. The Kier molecular flexibility index (Phi) is 8.61. The standard InChI is InChI=1S/C26H35NO3/c1-29-25-18-22(14-8-4-7-13-21-11-5-3-6-12-21)17-24(19-25)27-16-10-9-15-23(27)20-26(28)30-2/h3,5-6,11-12,17-19,23H,4,7-10,13-16,20H2,1-2H3. The van der Waals surface area contributed by atoms with Crippen molar-refractivity contribution in [2.24, 2.45) is 0 Å². The highest BCUT2D eigenvalue weighted by atomic mass is 16.5. The fraction of sp³-hybridized carbons (Fsp3) is 0.500. The Bertz CT molecular complexity index is 790. The largest absolute Gasteiger partial charge is 0.497 e. The molecule has 162 valence electrons. The number of nitrogens with zero attached hydrogens (tertiary/aromatic N) is 1. The number of aryl methyl sites for hydroxylation is 2. The summed E-state index contributed by atoms with van der Waals surface area (Å²) in [6, 6.07) is 17.5. The number of ether oxygens (including phenoxy) is 2. The molecular formula is C26H35NO3. The maximum absolute atomic E-state index is 11.9. The number of unbranched alkanes of at least 4 members (excludes halogenated alkanes) is 2. The second-order valence-electron chi connectivity index (χ2n) is 8.21. The molecule has 3 rings (SSSR count). The van der Waals surface area contributed by atoms with E-state index in [1.807, 2.05) is 0 Å². The lowest BCUT2D eigenvalue weighted by atomic mass is 9.97. The summed E-state index contributed by atoms with van der Waals surface area (Å²) in [6.07, 6.45) is 9.60. The number of carbonyl (C=O) groups excluding carboxylic acids is 1. The Labute approximate surface area is 181 Å². The van der Waals surface area contributed by atoms with Gasteiger partial charge in [-0.3, -0.25) is 4.79 Å². The van der Waals surface area contributed by atoms with Crippen LogP contribution < -0.4 is 9.64 Å². The van der Waals surface area contributed by atoms with E-state index in [0.29, 0.717) is 6.42 Å². The van der Waals surface area contributed by atoms with Gasteiger partial charge < -0.3 is 14.4 Å². The molecule has 0 aromatic heterocycles. The van der Waals surface area contributed by atoms with Crippen molar-refractivity contribution in [2.45, 2.75) is 63.8 Å². The van der Waals surface area contributed by atoms with E-state index in [-0.39, 0.29) is 12.0 Å². The quantitative estimate of drug-likeness (QED) is 0.380. The third-order valence-corrected chi connectivity index (χ3v) is 6.05. The van der Waals surface area contributed by atoms with E-state index in [1.165, 1.54) is 43.2 Å². The minimum Gasteiger partial charge on any atom is -0.497 e. The Morgan fingerprint density at radius 3 is 2.47 bits per heavy atom. The van der Waals surface area contributed by atoms with Crippen molar-refractivity contribution in [1.82, 2.24) is 0 Å². The number of hydrogen-bond donors (Lipinski definition) is 0. The Morgan fingerprint density at radius 2 is 1.73 bits per heavy atom. The van der Waals surface area contributed by atoms with Crippen LogP contribution in [0.5, 0.6) is 5.75 Å². The molecule has 0 radical (unpaired) electrons. The number of piperidine rings is 1. The summed E-state index contributed by atoms with van der Waals surface area (Å²) in [5.74, 6) is 0.766. The molecule has 4 heteroatoms. The van der Waals surface area contributed by atoms with E-state index in [4.69, 9.17) is 9.47 Å². The van der Waals surface area contributed by atoms with E-state index in [9.17, 15) is 4.79 Å². The lowest BCUT2D eigenvalue weighted by molar-refractivity contribution is -0.141. The zero-order valence-electron chi connectivity index (χ0n) is 18.4. The van der Waals surface area contributed by atoms with Crippen LogP contribution in [0.4, 0.5) is 5.69 Å². The highest BCUT2D eigenvalue weighted by Crippen LogP contribution is 2.31. The predicted octanol–water partition coefficient (Wildman–Crippen LogP) is 5.57. The van der Waals surface area contributed by atoms with Gasteiger partial charge in [-0.15, -0.1) is 0 Å². The van der Waals surface area contributed by atoms with Crippen LogP contribution in [0.15, 0.2) is 48.5 Å². The minimum atomic E-state index is -0.131. The maximum atomic E-state index is 11.9. The summed E-state index contributed by atoms with van der Waals surface area (Å²) in [7, 11) is 3.20. The van der Waals surface area contributed by atoms with Crippen molar-refractivity contribution in [3.8, 4) is 5.75 Å². The highest BCUT2D eigenvalue weighted by molar-refractivity contribution is 5.71. The topological polar surface area (TPSA) is 38.8 Å². The van der Waals surface area contributed by atoms with Gasteiger partial charge in [0, 0.05) is 24.3 Å². The van der Waals surface area contributed by atoms with Crippen LogP contribution in [-0.4, -0.2) is 32.8 Å². The second-order valence-corrected chi connectivity index (χ2v) is 8.21. The molecule has 0 amide bonds. The number of methoxy groups -OCH3 is 2. The smallest absolute Gasteiger partial charge is 0.307 e. The first-order valence-electron chi connectivity index (χ1n) is 11.2. The van der Waals surface area contributed by atoms with E-state index < -0.39 is 0 Å². The first kappa shape index (κ1) is 22.2. The number of anilines is 1. The first-order valence-corrected chi connectivity index (χ1v) is 11.2. The number of carbonyl (C=O) groups is 1. The summed E-state index contributed by atoms with van der Waals surface area (Å²) in [5, 5.41) is 0. The number of rotatable bonds is 10. The highest BCUT2D eigenvalue weighted by Gasteiger charge is 2.26. The van der Waals surface area contributed by atoms with E-state index in [0.717, 1.165) is 44.4 Å². The average Bonchev–Trinajstić information content (AvgIpc) is 2.79. The molecule has 1 aliphatic heterocycles. The monoisotopic (exact) mass is 409 g/mol. The molecule has 2 aromatic carbocycles. The molecule has 1 aliphatic rings. The zero-order chi connectivity index (χ0) is 21.2. The van der Waals surface area contributed by atoms with Crippen LogP contribution in [0.25, 0.3) is 0 Å². The summed E-state index contributed by atoms with van der Waals surface area (Å²) < 4.78 is 10.5. The number of benzene rings is 2. The van der Waals surface area contributed by atoms with Crippen molar-refractivity contribution in [1.29, 1.82) is 0 Å². The van der Waals surface area contributed by atoms with Gasteiger partial charge in [-0.05, 0) is 68.2 Å². The summed E-state index contributed by atoms with van der Waals surface area (Å²) in [6.45, 7) is 0.978. The molecule has 1 unspecified atom stereocenters. The Balaban J connectivity index is 1.60. The molecule has 0 bridgehead atoms. The lowest BCUT2D eigenvalue weighted by Crippen LogP contribution is -2.41. The van der Waals surface area contributed by atoms with Gasteiger partial charge in [0.2, 0.25) is 0 Å². The lowest BCUT2D eigenvalue weighted by Gasteiger charge is -2.37. The van der Waals surface area contributed by atoms with Gasteiger partial charge in [-0.2, -0.15) is 0 Å². The molecule has 1 heterocycles. The summed E-state index contributed by atoms with van der Waals surface area (Å²) in [4.78, 5) is 14.3. The summed E-state index contributed by atoms with van der Waals surface area (Å²) in [5.41, 5.74) is 3.90. The van der Waals surface area contributed by atoms with E-state index in [2.05, 4.69) is 53.4 Å². The van der Waals surface area contributed by atoms with Gasteiger partial charge >= 0.3 is 5.97 Å². The average molecular weight is 410 g/mol. The van der Waals surface area contributed by atoms with Gasteiger partial charge in [-0.1, -0.05) is 36.8 Å². The summed E-state index contributed by atoms with van der Waals surface area (Å²) >= 11 is 0. The first-order chi connectivity index (χ1) is 14.7. The van der Waals surface area contributed by atoms with Crippen molar-refractivity contribution in [3.05, 3.63) is 59.7 Å². The molecule has 2 aromatic rings. The zero-order valence-corrected chi connectivity index (χ0v) is 18.4. The molecule has 0 saturated carbocycles. The number of esters is 1. The van der Waals surface area contributed by atoms with E-state index in [1.54, 1.807) is 7.11 Å². The Morgan fingerprint density at radius 1 is 0.967 bits per heavy atom. The SMILES string of the molecule is COC(=O)CC1CCCCN1c1cc(CCCCCc2ccccc2)cc(OC)c1. The second kappa shape index (κ2) is 11.6. The molecule has 1 fully saturated rings. The third kappa shape index (κ3) is 6.51. The molecule has 0 aliphatic carbocycles. The maximum Gasteiger partial charge on any atom is 0.307 e. The normalized spacial score (nSPS) is 16.3. The van der Waals surface area contributed by atoms with Crippen LogP contribution in [0.3, 0.4) is 0 Å². The van der Waals surface area contributed by atoms with Crippen LogP contribution in [-0.2, 0) is 22.4 Å².